The van der Waals surface area contributed by atoms with Gasteiger partial charge in [-0.25, -0.2) is 0 Å². The molecular formula is C19H12Cl2O4. The van der Waals surface area contributed by atoms with E-state index in [1.165, 1.54) is 0 Å². The van der Waals surface area contributed by atoms with Crippen LogP contribution in [0.3, 0.4) is 0 Å². The Kier molecular flexibility index (Phi) is 4.02. The first kappa shape index (κ1) is 16.2. The molecule has 0 radical (unpaired) electrons. The van der Waals surface area contributed by atoms with E-state index in [0.717, 1.165) is 12.8 Å². The molecule has 0 N–H and O–H groups in total. The van der Waals surface area contributed by atoms with E-state index in [1.54, 1.807) is 42.5 Å². The molecule has 0 spiro atoms. The molecule has 2 aliphatic rings. The second kappa shape index (κ2) is 6.21. The van der Waals surface area contributed by atoms with Gasteiger partial charge in [0.1, 0.15) is 11.5 Å². The van der Waals surface area contributed by atoms with E-state index in [2.05, 4.69) is 0 Å². The molecule has 0 unspecified atom stereocenters. The highest BCUT2D eigenvalue weighted by atomic mass is 35.5. The lowest BCUT2D eigenvalue weighted by Gasteiger charge is -2.04. The molecule has 6 heteroatoms. The van der Waals surface area contributed by atoms with Crippen molar-refractivity contribution in [3.8, 4) is 11.5 Å². The number of Topliss-reactive ketones (excluding diaryl/α,β-unsaturated/α-hetero) is 1. The van der Waals surface area contributed by atoms with Crippen LogP contribution in [0.1, 0.15) is 28.8 Å². The summed E-state index contributed by atoms with van der Waals surface area (Å²) in [7, 11) is 0. The molecule has 0 aromatic heterocycles. The van der Waals surface area contributed by atoms with Crippen LogP contribution < -0.4 is 9.47 Å². The maximum absolute atomic E-state index is 12.5. The van der Waals surface area contributed by atoms with Crippen LogP contribution in [0, 0.1) is 5.92 Å². The molecule has 1 aliphatic carbocycles. The zero-order valence-corrected chi connectivity index (χ0v) is 14.4. The fourth-order valence-corrected chi connectivity index (χ4v) is 2.97. The standard InChI is InChI=1S/C19H12Cl2O4/c20-12-4-3-11(15(21)8-12)7-17-18(22)14-6-5-13(9-16(14)25-17)24-19(23)10-1-2-10/h3-10H,1-2H2/b17-7-. The third kappa shape index (κ3) is 3.28. The summed E-state index contributed by atoms with van der Waals surface area (Å²) in [5, 5.41) is 0.933. The second-order valence-electron chi connectivity index (χ2n) is 5.96. The van der Waals surface area contributed by atoms with Gasteiger partial charge in [0.05, 0.1) is 11.5 Å². The third-order valence-corrected chi connectivity index (χ3v) is 4.58. The Morgan fingerprint density at radius 1 is 1.16 bits per heavy atom. The number of ketones is 1. The minimum absolute atomic E-state index is 0.00157. The molecule has 126 valence electrons. The van der Waals surface area contributed by atoms with Gasteiger partial charge < -0.3 is 9.47 Å². The van der Waals surface area contributed by atoms with Gasteiger partial charge in [-0.2, -0.15) is 0 Å². The van der Waals surface area contributed by atoms with E-state index in [9.17, 15) is 9.59 Å². The summed E-state index contributed by atoms with van der Waals surface area (Å²) in [6.45, 7) is 0. The minimum atomic E-state index is -0.249. The van der Waals surface area contributed by atoms with Crippen LogP contribution in [-0.2, 0) is 4.79 Å². The SMILES string of the molecule is O=C1/C(=C/c2ccc(Cl)cc2Cl)Oc2cc(OC(=O)C3CC3)ccc21. The van der Waals surface area contributed by atoms with Crippen LogP contribution in [0.4, 0.5) is 0 Å². The van der Waals surface area contributed by atoms with E-state index >= 15 is 0 Å². The van der Waals surface area contributed by atoms with E-state index < -0.39 is 0 Å². The Balaban J connectivity index is 1.59. The first-order valence-electron chi connectivity index (χ1n) is 7.76. The summed E-state index contributed by atoms with van der Waals surface area (Å²) in [5.74, 6) is 0.397. The summed E-state index contributed by atoms with van der Waals surface area (Å²) >= 11 is 12.0. The number of hydrogen-bond acceptors (Lipinski definition) is 4. The lowest BCUT2D eigenvalue weighted by Crippen LogP contribution is -2.09. The minimum Gasteiger partial charge on any atom is -0.452 e. The molecule has 0 saturated heterocycles. The fourth-order valence-electron chi connectivity index (χ4n) is 2.51. The number of carbonyl (C=O) groups is 2. The zero-order valence-electron chi connectivity index (χ0n) is 12.9. The average molecular weight is 375 g/mol. The molecule has 0 amide bonds. The van der Waals surface area contributed by atoms with Crippen LogP contribution in [0.2, 0.25) is 10.0 Å². The maximum atomic E-state index is 12.5. The zero-order chi connectivity index (χ0) is 17.6. The Bertz CT molecular complexity index is 929. The Morgan fingerprint density at radius 3 is 2.68 bits per heavy atom. The van der Waals surface area contributed by atoms with Crippen LogP contribution in [0.5, 0.6) is 11.5 Å². The monoisotopic (exact) mass is 374 g/mol. The molecule has 0 atom stereocenters. The Hall–Kier alpha value is -2.30. The number of carbonyl (C=O) groups excluding carboxylic acids is 2. The predicted octanol–water partition coefficient (Wildman–Crippen LogP) is 4.93. The van der Waals surface area contributed by atoms with Crippen molar-refractivity contribution in [2.75, 3.05) is 0 Å². The Morgan fingerprint density at radius 2 is 1.96 bits per heavy atom. The van der Waals surface area contributed by atoms with Crippen molar-refractivity contribution in [1.82, 2.24) is 0 Å². The van der Waals surface area contributed by atoms with Gasteiger partial charge in [-0.3, -0.25) is 9.59 Å². The van der Waals surface area contributed by atoms with Crippen LogP contribution in [0.15, 0.2) is 42.2 Å². The lowest BCUT2D eigenvalue weighted by atomic mass is 10.1. The number of fused-ring (bicyclic) bond motifs is 1. The number of halogens is 2. The van der Waals surface area contributed by atoms with Crippen molar-refractivity contribution < 1.29 is 19.1 Å². The van der Waals surface area contributed by atoms with Crippen molar-refractivity contribution in [3.05, 3.63) is 63.3 Å². The topological polar surface area (TPSA) is 52.6 Å². The quantitative estimate of drug-likeness (QED) is 0.434. The predicted molar refractivity (Wildman–Crippen MR) is 94.2 cm³/mol. The van der Waals surface area contributed by atoms with Gasteiger partial charge in [0, 0.05) is 16.1 Å². The van der Waals surface area contributed by atoms with Crippen LogP contribution in [-0.4, -0.2) is 11.8 Å². The second-order valence-corrected chi connectivity index (χ2v) is 6.80. The largest absolute Gasteiger partial charge is 0.452 e. The summed E-state index contributed by atoms with van der Waals surface area (Å²) in [6, 6.07) is 9.73. The van der Waals surface area contributed by atoms with Crippen molar-refractivity contribution >= 4 is 41.0 Å². The molecule has 1 aliphatic heterocycles. The molecule has 1 heterocycles. The van der Waals surface area contributed by atoms with E-state index in [1.807, 2.05) is 0 Å². The molecule has 1 saturated carbocycles. The van der Waals surface area contributed by atoms with Crippen molar-refractivity contribution in [2.24, 2.45) is 5.92 Å². The number of hydrogen-bond donors (Lipinski definition) is 0. The molecule has 2 aromatic carbocycles. The first-order chi connectivity index (χ1) is 12.0. The van der Waals surface area contributed by atoms with Gasteiger partial charge >= 0.3 is 5.97 Å². The third-order valence-electron chi connectivity index (χ3n) is 4.02. The van der Waals surface area contributed by atoms with E-state index in [-0.39, 0.29) is 23.4 Å². The fraction of sp³-hybridized carbons (Fsp3) is 0.158. The number of rotatable bonds is 3. The summed E-state index contributed by atoms with van der Waals surface area (Å²) in [5.41, 5.74) is 1.05. The lowest BCUT2D eigenvalue weighted by molar-refractivity contribution is -0.135. The normalized spacial score (nSPS) is 17.4. The smallest absolute Gasteiger partial charge is 0.314 e. The maximum Gasteiger partial charge on any atom is 0.314 e. The number of ether oxygens (including phenoxy) is 2. The van der Waals surface area contributed by atoms with Gasteiger partial charge in [0.25, 0.3) is 0 Å². The van der Waals surface area contributed by atoms with Gasteiger partial charge in [0.2, 0.25) is 5.78 Å². The van der Waals surface area contributed by atoms with Gasteiger partial charge in [-0.15, -0.1) is 0 Å². The summed E-state index contributed by atoms with van der Waals surface area (Å²) in [4.78, 5) is 24.2. The molecule has 25 heavy (non-hydrogen) atoms. The van der Waals surface area contributed by atoms with Crippen molar-refractivity contribution in [2.45, 2.75) is 12.8 Å². The van der Waals surface area contributed by atoms with E-state index in [4.69, 9.17) is 32.7 Å². The molecule has 4 nitrogen and oxygen atoms in total. The Labute approximate surface area is 153 Å². The molecule has 0 bridgehead atoms. The molecule has 4 rings (SSSR count). The van der Waals surface area contributed by atoms with Crippen molar-refractivity contribution in [3.63, 3.8) is 0 Å². The molecule has 1 fully saturated rings. The molecular weight excluding hydrogens is 363 g/mol. The highest BCUT2D eigenvalue weighted by molar-refractivity contribution is 6.35. The van der Waals surface area contributed by atoms with Gasteiger partial charge in [-0.1, -0.05) is 29.3 Å². The van der Waals surface area contributed by atoms with Gasteiger partial charge in [-0.05, 0) is 48.7 Å². The number of esters is 1. The van der Waals surface area contributed by atoms with Crippen LogP contribution in [0.25, 0.3) is 6.08 Å². The number of benzene rings is 2. The first-order valence-corrected chi connectivity index (χ1v) is 8.52. The van der Waals surface area contributed by atoms with E-state index in [0.29, 0.717) is 32.7 Å². The molecule has 2 aromatic rings. The van der Waals surface area contributed by atoms with Crippen molar-refractivity contribution in [1.29, 1.82) is 0 Å². The van der Waals surface area contributed by atoms with Crippen LogP contribution >= 0.6 is 23.2 Å². The average Bonchev–Trinajstić information content (AvgIpc) is 3.37. The summed E-state index contributed by atoms with van der Waals surface area (Å²) in [6.07, 6.45) is 3.30. The summed E-state index contributed by atoms with van der Waals surface area (Å²) < 4.78 is 10.9. The number of allylic oxidation sites excluding steroid dienone is 1. The van der Waals surface area contributed by atoms with Gasteiger partial charge in [0.15, 0.2) is 5.76 Å². The highest BCUT2D eigenvalue weighted by Crippen LogP contribution is 2.37. The highest BCUT2D eigenvalue weighted by Gasteiger charge is 2.33.